The van der Waals surface area contributed by atoms with Crippen LogP contribution in [-0.4, -0.2) is 62.3 Å². The van der Waals surface area contributed by atoms with Gasteiger partial charge in [-0.2, -0.15) is 4.31 Å². The van der Waals surface area contributed by atoms with Gasteiger partial charge in [0, 0.05) is 26.2 Å². The lowest BCUT2D eigenvalue weighted by atomic mass is 9.98. The van der Waals surface area contributed by atoms with Crippen molar-refractivity contribution >= 4 is 21.9 Å². The average Bonchev–Trinajstić information content (AvgIpc) is 2.78. The first kappa shape index (κ1) is 23.9. The van der Waals surface area contributed by atoms with Gasteiger partial charge >= 0.3 is 5.97 Å². The van der Waals surface area contributed by atoms with E-state index in [1.165, 1.54) is 4.31 Å². The van der Waals surface area contributed by atoms with Crippen molar-refractivity contribution in [2.24, 2.45) is 0 Å². The van der Waals surface area contributed by atoms with Crippen molar-refractivity contribution in [3.63, 3.8) is 0 Å². The van der Waals surface area contributed by atoms with Gasteiger partial charge in [0.1, 0.15) is 0 Å². The van der Waals surface area contributed by atoms with Gasteiger partial charge in [-0.1, -0.05) is 55.0 Å². The van der Waals surface area contributed by atoms with E-state index in [4.69, 9.17) is 4.74 Å². The monoisotopic (exact) mass is 458 g/mol. The molecule has 0 aromatic heterocycles. The van der Waals surface area contributed by atoms with Crippen LogP contribution in [0, 0.1) is 13.8 Å². The molecule has 2 aromatic carbocycles. The molecule has 7 nitrogen and oxygen atoms in total. The minimum Gasteiger partial charge on any atom is -0.456 e. The topological polar surface area (TPSA) is 84.0 Å². The maximum atomic E-state index is 13.0. The molecule has 0 bridgehead atoms. The lowest BCUT2D eigenvalue weighted by molar-refractivity contribution is -0.152. The Kier molecular flexibility index (Phi) is 7.69. The Morgan fingerprint density at radius 3 is 2.28 bits per heavy atom. The number of rotatable bonds is 7. The summed E-state index contributed by atoms with van der Waals surface area (Å²) in [6.07, 6.45) is 0.194. The van der Waals surface area contributed by atoms with E-state index in [1.54, 1.807) is 24.0 Å². The van der Waals surface area contributed by atoms with Crippen LogP contribution in [-0.2, 0) is 24.3 Å². The van der Waals surface area contributed by atoms with Crippen molar-refractivity contribution in [1.29, 1.82) is 0 Å². The van der Waals surface area contributed by atoms with E-state index in [0.29, 0.717) is 10.5 Å². The fraction of sp³-hybridized carbons (Fsp3) is 0.417. The summed E-state index contributed by atoms with van der Waals surface area (Å²) in [5.41, 5.74) is 2.75. The molecule has 1 aliphatic rings. The van der Waals surface area contributed by atoms with Gasteiger partial charge in [0.2, 0.25) is 10.0 Å². The second kappa shape index (κ2) is 10.3. The van der Waals surface area contributed by atoms with Gasteiger partial charge in [-0.25, -0.2) is 8.42 Å². The lowest BCUT2D eigenvalue weighted by Gasteiger charge is -2.34. The molecular weight excluding hydrogens is 428 g/mol. The fourth-order valence-electron chi connectivity index (χ4n) is 3.85. The van der Waals surface area contributed by atoms with Crippen molar-refractivity contribution in [3.8, 4) is 0 Å². The summed E-state index contributed by atoms with van der Waals surface area (Å²) in [5.74, 6) is -0.738. The molecule has 8 heteroatoms. The summed E-state index contributed by atoms with van der Waals surface area (Å²) < 4.78 is 32.5. The molecule has 2 aromatic rings. The Morgan fingerprint density at radius 1 is 1.00 bits per heavy atom. The summed E-state index contributed by atoms with van der Waals surface area (Å²) in [5, 5.41) is 0. The first-order valence-electron chi connectivity index (χ1n) is 10.7. The molecule has 0 saturated carbocycles. The number of hydrogen-bond acceptors (Lipinski definition) is 5. The van der Waals surface area contributed by atoms with Gasteiger partial charge in [-0.05, 0) is 37.0 Å². The number of sulfonamides is 1. The van der Waals surface area contributed by atoms with E-state index in [-0.39, 0.29) is 51.0 Å². The van der Waals surface area contributed by atoms with Crippen molar-refractivity contribution in [2.75, 3.05) is 32.8 Å². The SMILES string of the molecule is Cc1ccc(S(=O)(=O)N2CCN(C(=O)COC(=O)C[C@@H](C)c3ccccc3)CC2)c(C)c1. The Morgan fingerprint density at radius 2 is 1.66 bits per heavy atom. The van der Waals surface area contributed by atoms with E-state index in [2.05, 4.69) is 0 Å². The first-order valence-corrected chi connectivity index (χ1v) is 12.2. The van der Waals surface area contributed by atoms with Crippen LogP contribution < -0.4 is 0 Å². The fourth-order valence-corrected chi connectivity index (χ4v) is 5.48. The second-order valence-electron chi connectivity index (χ2n) is 8.23. The quantitative estimate of drug-likeness (QED) is 0.596. The molecule has 1 fully saturated rings. The van der Waals surface area contributed by atoms with Gasteiger partial charge < -0.3 is 9.64 Å². The number of benzene rings is 2. The minimum absolute atomic E-state index is 0.00205. The third-order valence-corrected chi connectivity index (χ3v) is 7.80. The molecule has 0 unspecified atom stereocenters. The van der Waals surface area contributed by atoms with Crippen molar-refractivity contribution in [2.45, 2.75) is 38.0 Å². The maximum absolute atomic E-state index is 13.0. The van der Waals surface area contributed by atoms with Crippen LogP contribution in [0.5, 0.6) is 0 Å². The number of ether oxygens (including phenoxy) is 1. The summed E-state index contributed by atoms with van der Waals surface area (Å²) in [6, 6.07) is 14.9. The summed E-state index contributed by atoms with van der Waals surface area (Å²) >= 11 is 0. The van der Waals surface area contributed by atoms with Gasteiger partial charge in [-0.15, -0.1) is 0 Å². The highest BCUT2D eigenvalue weighted by Gasteiger charge is 2.31. The number of amides is 1. The molecule has 0 N–H and O–H groups in total. The van der Waals surface area contributed by atoms with E-state index >= 15 is 0 Å². The molecule has 1 atom stereocenters. The van der Waals surface area contributed by atoms with Crippen LogP contribution in [0.3, 0.4) is 0 Å². The minimum atomic E-state index is -3.61. The van der Waals surface area contributed by atoms with Gasteiger partial charge in [0.05, 0.1) is 11.3 Å². The van der Waals surface area contributed by atoms with E-state index in [1.807, 2.05) is 50.2 Å². The average molecular weight is 459 g/mol. The van der Waals surface area contributed by atoms with Crippen LogP contribution in [0.1, 0.15) is 36.0 Å². The summed E-state index contributed by atoms with van der Waals surface area (Å²) in [6.45, 7) is 6.26. The van der Waals surface area contributed by atoms with Crippen molar-refractivity contribution in [3.05, 3.63) is 65.2 Å². The van der Waals surface area contributed by atoms with Crippen LogP contribution in [0.25, 0.3) is 0 Å². The number of piperazine rings is 1. The summed E-state index contributed by atoms with van der Waals surface area (Å²) in [7, 11) is -3.61. The predicted octanol–water partition coefficient (Wildman–Crippen LogP) is 2.87. The molecule has 1 amide bonds. The molecule has 0 aliphatic carbocycles. The predicted molar refractivity (Wildman–Crippen MR) is 122 cm³/mol. The Hall–Kier alpha value is -2.71. The molecule has 1 heterocycles. The molecule has 0 radical (unpaired) electrons. The van der Waals surface area contributed by atoms with Crippen LogP contribution in [0.4, 0.5) is 0 Å². The molecule has 0 spiro atoms. The third kappa shape index (κ3) is 5.75. The number of carbonyl (C=O) groups is 2. The Bertz CT molecular complexity index is 1060. The normalized spacial score (nSPS) is 15.9. The highest BCUT2D eigenvalue weighted by atomic mass is 32.2. The van der Waals surface area contributed by atoms with E-state index in [9.17, 15) is 18.0 Å². The highest BCUT2D eigenvalue weighted by molar-refractivity contribution is 7.89. The molecular formula is C24H30N2O5S. The zero-order chi connectivity index (χ0) is 23.3. The number of carbonyl (C=O) groups excluding carboxylic acids is 2. The van der Waals surface area contributed by atoms with E-state index in [0.717, 1.165) is 11.1 Å². The zero-order valence-corrected chi connectivity index (χ0v) is 19.6. The molecule has 1 aliphatic heterocycles. The van der Waals surface area contributed by atoms with Crippen molar-refractivity contribution in [1.82, 2.24) is 9.21 Å². The van der Waals surface area contributed by atoms with Crippen LogP contribution in [0.2, 0.25) is 0 Å². The number of esters is 1. The molecule has 3 rings (SSSR count). The molecule has 1 saturated heterocycles. The van der Waals surface area contributed by atoms with Gasteiger partial charge in [0.15, 0.2) is 6.61 Å². The highest BCUT2D eigenvalue weighted by Crippen LogP contribution is 2.22. The van der Waals surface area contributed by atoms with Crippen LogP contribution in [0.15, 0.2) is 53.4 Å². The van der Waals surface area contributed by atoms with Gasteiger partial charge in [0.25, 0.3) is 5.91 Å². The smallest absolute Gasteiger partial charge is 0.306 e. The maximum Gasteiger partial charge on any atom is 0.306 e. The Labute approximate surface area is 190 Å². The number of hydrogen-bond donors (Lipinski definition) is 0. The third-order valence-electron chi connectivity index (χ3n) is 5.74. The first-order chi connectivity index (χ1) is 15.2. The largest absolute Gasteiger partial charge is 0.456 e. The standard InChI is InChI=1S/C24H30N2O5S/c1-18-9-10-22(20(3)15-18)32(29,30)26-13-11-25(12-14-26)23(27)17-31-24(28)16-19(2)21-7-5-4-6-8-21/h4-10,15,19H,11-14,16-17H2,1-3H3/t19-/m1/s1. The number of aryl methyl sites for hydroxylation is 2. The lowest BCUT2D eigenvalue weighted by Crippen LogP contribution is -2.51. The number of nitrogens with zero attached hydrogens (tertiary/aromatic N) is 2. The van der Waals surface area contributed by atoms with Crippen LogP contribution >= 0.6 is 0 Å². The van der Waals surface area contributed by atoms with E-state index < -0.39 is 16.0 Å². The molecule has 32 heavy (non-hydrogen) atoms. The summed E-state index contributed by atoms with van der Waals surface area (Å²) in [4.78, 5) is 26.4. The van der Waals surface area contributed by atoms with Crippen molar-refractivity contribution < 1.29 is 22.7 Å². The van der Waals surface area contributed by atoms with Gasteiger partial charge in [-0.3, -0.25) is 9.59 Å². The second-order valence-corrected chi connectivity index (χ2v) is 10.1. The Balaban J connectivity index is 1.48. The molecule has 172 valence electrons. The zero-order valence-electron chi connectivity index (χ0n) is 18.8.